The van der Waals surface area contributed by atoms with Crippen molar-refractivity contribution >= 4 is 23.0 Å². The summed E-state index contributed by atoms with van der Waals surface area (Å²) >= 11 is 0. The number of nitrogens with one attached hydrogen (secondary N) is 3. The van der Waals surface area contributed by atoms with Crippen LogP contribution in [0.25, 0.3) is 10.9 Å². The van der Waals surface area contributed by atoms with Crippen LogP contribution in [0, 0.1) is 0 Å². The third-order valence-electron chi connectivity index (χ3n) is 4.31. The van der Waals surface area contributed by atoms with E-state index >= 15 is 0 Å². The molecule has 2 rings (SSSR count). The highest BCUT2D eigenvalue weighted by atomic mass is 16.6. The van der Waals surface area contributed by atoms with Crippen LogP contribution < -0.4 is 10.6 Å². The standard InChI is InChI=1S/C21H31N3O4/c1-20(2,3)28-19(27)24-21(4,5)13-23-17(18(25)26)11-10-14-12-22-16-9-7-6-8-15(14)16/h6-9,12,17,22-23H,10-11,13H2,1-5H3,(H,24,27)(H,25,26)/t17-/m1/s1. The highest BCUT2D eigenvalue weighted by molar-refractivity contribution is 5.83. The Kier molecular flexibility index (Phi) is 6.72. The molecule has 2 aromatic rings. The van der Waals surface area contributed by atoms with Crippen molar-refractivity contribution in [2.45, 2.75) is 64.6 Å². The van der Waals surface area contributed by atoms with E-state index in [1.165, 1.54) is 0 Å². The maximum absolute atomic E-state index is 12.0. The summed E-state index contributed by atoms with van der Waals surface area (Å²) in [6.45, 7) is 9.33. The fraction of sp³-hybridized carbons (Fsp3) is 0.524. The van der Waals surface area contributed by atoms with E-state index in [1.807, 2.05) is 44.3 Å². The van der Waals surface area contributed by atoms with Crippen LogP contribution in [0.5, 0.6) is 0 Å². The van der Waals surface area contributed by atoms with Gasteiger partial charge in [-0.1, -0.05) is 18.2 Å². The molecule has 0 unspecified atom stereocenters. The minimum Gasteiger partial charge on any atom is -0.480 e. The second kappa shape index (κ2) is 8.65. The Morgan fingerprint density at radius 1 is 1.18 bits per heavy atom. The predicted molar refractivity (Wildman–Crippen MR) is 109 cm³/mol. The van der Waals surface area contributed by atoms with Crippen molar-refractivity contribution in [3.05, 3.63) is 36.0 Å². The Balaban J connectivity index is 1.91. The summed E-state index contributed by atoms with van der Waals surface area (Å²) in [5.74, 6) is -0.909. The first kappa shape index (κ1) is 21.8. The van der Waals surface area contributed by atoms with Crippen LogP contribution in [0.15, 0.2) is 30.5 Å². The van der Waals surface area contributed by atoms with Crippen molar-refractivity contribution in [1.29, 1.82) is 0 Å². The van der Waals surface area contributed by atoms with E-state index in [-0.39, 0.29) is 0 Å². The summed E-state index contributed by atoms with van der Waals surface area (Å²) in [6.07, 6.45) is 2.48. The van der Waals surface area contributed by atoms with Crippen molar-refractivity contribution in [3.8, 4) is 0 Å². The number of para-hydroxylation sites is 1. The third-order valence-corrected chi connectivity index (χ3v) is 4.31. The molecular weight excluding hydrogens is 358 g/mol. The van der Waals surface area contributed by atoms with Crippen LogP contribution in [0.2, 0.25) is 0 Å². The van der Waals surface area contributed by atoms with Crippen molar-refractivity contribution in [2.75, 3.05) is 6.54 Å². The molecular formula is C21H31N3O4. The Bertz CT molecular complexity index is 820. The smallest absolute Gasteiger partial charge is 0.408 e. The lowest BCUT2D eigenvalue weighted by molar-refractivity contribution is -0.139. The number of hydrogen-bond acceptors (Lipinski definition) is 4. The van der Waals surface area contributed by atoms with Crippen LogP contribution in [0.3, 0.4) is 0 Å². The second-order valence-corrected chi connectivity index (χ2v) is 8.68. The fourth-order valence-corrected chi connectivity index (χ4v) is 2.95. The van der Waals surface area contributed by atoms with Crippen LogP contribution in [-0.2, 0) is 16.0 Å². The van der Waals surface area contributed by atoms with Gasteiger partial charge in [0.05, 0.1) is 5.54 Å². The number of carbonyl (C=O) groups excluding carboxylic acids is 1. The van der Waals surface area contributed by atoms with E-state index in [1.54, 1.807) is 20.8 Å². The van der Waals surface area contributed by atoms with Gasteiger partial charge in [0.15, 0.2) is 0 Å². The van der Waals surface area contributed by atoms with Gasteiger partial charge in [-0.3, -0.25) is 4.79 Å². The molecule has 1 heterocycles. The predicted octanol–water partition coefficient (Wildman–Crippen LogP) is 3.45. The first-order valence-electron chi connectivity index (χ1n) is 9.49. The number of carboxylic acids is 1. The molecule has 0 saturated heterocycles. The van der Waals surface area contributed by atoms with Crippen molar-refractivity contribution in [3.63, 3.8) is 0 Å². The van der Waals surface area contributed by atoms with Crippen LogP contribution in [0.4, 0.5) is 4.79 Å². The lowest BCUT2D eigenvalue weighted by Crippen LogP contribution is -2.54. The largest absolute Gasteiger partial charge is 0.480 e. The van der Waals surface area contributed by atoms with Crippen molar-refractivity contribution in [1.82, 2.24) is 15.6 Å². The summed E-state index contributed by atoms with van der Waals surface area (Å²) < 4.78 is 5.27. The van der Waals surface area contributed by atoms with Gasteiger partial charge in [0.2, 0.25) is 0 Å². The topological polar surface area (TPSA) is 103 Å². The molecule has 28 heavy (non-hydrogen) atoms. The van der Waals surface area contributed by atoms with Crippen LogP contribution in [0.1, 0.15) is 46.6 Å². The molecule has 0 fully saturated rings. The number of alkyl carbamates (subject to hydrolysis) is 1. The summed E-state index contributed by atoms with van der Waals surface area (Å²) in [5.41, 5.74) is 0.891. The van der Waals surface area contributed by atoms with Gasteiger partial charge in [-0.15, -0.1) is 0 Å². The summed E-state index contributed by atoms with van der Waals surface area (Å²) in [5, 5.41) is 16.5. The van der Waals surface area contributed by atoms with Gasteiger partial charge >= 0.3 is 12.1 Å². The van der Waals surface area contributed by atoms with Crippen LogP contribution in [-0.4, -0.2) is 45.9 Å². The lowest BCUT2D eigenvalue weighted by atomic mass is 10.0. The van der Waals surface area contributed by atoms with Crippen molar-refractivity contribution in [2.24, 2.45) is 0 Å². The molecule has 7 heteroatoms. The monoisotopic (exact) mass is 389 g/mol. The lowest BCUT2D eigenvalue weighted by Gasteiger charge is -2.30. The van der Waals surface area contributed by atoms with Gasteiger partial charge in [0, 0.05) is 23.6 Å². The quantitative estimate of drug-likeness (QED) is 0.554. The van der Waals surface area contributed by atoms with Crippen molar-refractivity contribution < 1.29 is 19.4 Å². The number of amides is 1. The van der Waals surface area contributed by atoms with E-state index in [0.29, 0.717) is 19.4 Å². The molecule has 4 N–H and O–H groups in total. The van der Waals surface area contributed by atoms with Crippen LogP contribution >= 0.6 is 0 Å². The maximum Gasteiger partial charge on any atom is 0.408 e. The van der Waals surface area contributed by atoms with E-state index in [9.17, 15) is 14.7 Å². The number of carbonyl (C=O) groups is 2. The molecule has 0 aliphatic carbocycles. The zero-order valence-corrected chi connectivity index (χ0v) is 17.3. The molecule has 0 radical (unpaired) electrons. The van der Waals surface area contributed by atoms with Gasteiger partial charge in [0.1, 0.15) is 11.6 Å². The molecule has 0 spiro atoms. The zero-order valence-electron chi connectivity index (χ0n) is 17.3. The Morgan fingerprint density at radius 3 is 2.50 bits per heavy atom. The summed E-state index contributed by atoms with van der Waals surface area (Å²) in [4.78, 5) is 26.9. The number of H-pyrrole nitrogens is 1. The van der Waals surface area contributed by atoms with E-state index in [0.717, 1.165) is 16.5 Å². The molecule has 1 amide bonds. The number of ether oxygens (including phenoxy) is 1. The normalized spacial score (nSPS) is 13.3. The number of aromatic amines is 1. The van der Waals surface area contributed by atoms with E-state index in [4.69, 9.17) is 4.74 Å². The summed E-state index contributed by atoms with van der Waals surface area (Å²) in [7, 11) is 0. The second-order valence-electron chi connectivity index (χ2n) is 8.68. The SMILES string of the molecule is CC(C)(CN[C@H](CCc1c[nH]c2ccccc12)C(=O)O)NC(=O)OC(C)(C)C. The zero-order chi connectivity index (χ0) is 20.9. The van der Waals surface area contributed by atoms with Gasteiger partial charge in [-0.25, -0.2) is 4.79 Å². The number of aromatic nitrogens is 1. The number of hydrogen-bond donors (Lipinski definition) is 4. The molecule has 0 aliphatic rings. The molecule has 1 aromatic carbocycles. The average molecular weight is 389 g/mol. The Labute approximate surface area is 165 Å². The third kappa shape index (κ3) is 6.56. The molecule has 0 aliphatic heterocycles. The molecule has 0 bridgehead atoms. The molecule has 1 atom stereocenters. The maximum atomic E-state index is 12.0. The number of carboxylic acid groups (broad SMARTS) is 1. The number of fused-ring (bicyclic) bond motifs is 1. The van der Waals surface area contributed by atoms with Gasteiger partial charge in [-0.05, 0) is 59.1 Å². The number of aryl methyl sites for hydroxylation is 1. The molecule has 154 valence electrons. The number of aliphatic carboxylic acids is 1. The highest BCUT2D eigenvalue weighted by Gasteiger charge is 2.27. The Hall–Kier alpha value is -2.54. The minimum atomic E-state index is -0.909. The number of rotatable bonds is 8. The van der Waals surface area contributed by atoms with E-state index < -0.39 is 29.2 Å². The average Bonchev–Trinajstić information content (AvgIpc) is 2.95. The first-order chi connectivity index (χ1) is 13.0. The fourth-order valence-electron chi connectivity index (χ4n) is 2.95. The first-order valence-corrected chi connectivity index (χ1v) is 9.49. The van der Waals surface area contributed by atoms with Gasteiger partial charge in [0.25, 0.3) is 0 Å². The Morgan fingerprint density at radius 2 is 1.86 bits per heavy atom. The highest BCUT2D eigenvalue weighted by Crippen LogP contribution is 2.19. The van der Waals surface area contributed by atoms with E-state index in [2.05, 4.69) is 15.6 Å². The summed E-state index contributed by atoms with van der Waals surface area (Å²) in [6, 6.07) is 7.24. The minimum absolute atomic E-state index is 0.303. The molecule has 0 saturated carbocycles. The number of benzene rings is 1. The molecule has 7 nitrogen and oxygen atoms in total. The van der Waals surface area contributed by atoms with Gasteiger partial charge < -0.3 is 25.5 Å². The molecule has 1 aromatic heterocycles. The van der Waals surface area contributed by atoms with Gasteiger partial charge in [-0.2, -0.15) is 0 Å².